The van der Waals surface area contributed by atoms with Gasteiger partial charge in [-0.1, -0.05) is 18.8 Å². The Morgan fingerprint density at radius 3 is 2.58 bits per heavy atom. The van der Waals surface area contributed by atoms with Gasteiger partial charge in [-0.25, -0.2) is 9.97 Å². The number of benzene rings is 2. The highest BCUT2D eigenvalue weighted by Crippen LogP contribution is 2.23. The molecule has 0 saturated heterocycles. The maximum Gasteiger partial charge on any atom is 0.134 e. The Hall–Kier alpha value is -3.06. The average Bonchev–Trinajstić information content (AvgIpc) is 2.65. The van der Waals surface area contributed by atoms with E-state index in [1.165, 1.54) is 0 Å². The van der Waals surface area contributed by atoms with E-state index in [4.69, 9.17) is 9.47 Å². The van der Waals surface area contributed by atoms with Gasteiger partial charge >= 0.3 is 0 Å². The van der Waals surface area contributed by atoms with Gasteiger partial charge in [0.2, 0.25) is 0 Å². The largest absolute Gasteiger partial charge is 0.497 e. The average molecular weight is 318 g/mol. The van der Waals surface area contributed by atoms with Gasteiger partial charge in [0.1, 0.15) is 17.8 Å². The Morgan fingerprint density at radius 1 is 0.958 bits per heavy atom. The van der Waals surface area contributed by atoms with Crippen LogP contribution in [0.2, 0.25) is 0 Å². The molecule has 0 spiro atoms. The van der Waals surface area contributed by atoms with Crippen molar-refractivity contribution in [3.05, 3.63) is 59.5 Å². The van der Waals surface area contributed by atoms with Crippen LogP contribution in [-0.4, -0.2) is 24.2 Å². The molecule has 0 saturated carbocycles. The standard InChI is InChI=1S/C20H18N2O2/c1-4-18-17-11-14(6-9-19(17)22-13-21-18)5-7-15-12-16(23-2)8-10-20(15)24-3/h6,8-13H,4H2,1-3H3. The summed E-state index contributed by atoms with van der Waals surface area (Å²) in [5.74, 6) is 7.82. The van der Waals surface area contributed by atoms with Crippen molar-refractivity contribution in [2.45, 2.75) is 13.3 Å². The van der Waals surface area contributed by atoms with E-state index in [9.17, 15) is 0 Å². The van der Waals surface area contributed by atoms with Gasteiger partial charge in [-0.3, -0.25) is 0 Å². The second-order valence-corrected chi connectivity index (χ2v) is 5.22. The van der Waals surface area contributed by atoms with Gasteiger partial charge in [0.15, 0.2) is 0 Å². The number of aryl methyl sites for hydroxylation is 1. The lowest BCUT2D eigenvalue weighted by Gasteiger charge is -2.05. The molecule has 0 fully saturated rings. The van der Waals surface area contributed by atoms with E-state index in [1.807, 2.05) is 36.4 Å². The van der Waals surface area contributed by atoms with E-state index in [1.54, 1.807) is 20.5 Å². The number of hydrogen-bond acceptors (Lipinski definition) is 4. The lowest BCUT2D eigenvalue weighted by molar-refractivity contribution is 0.402. The fourth-order valence-electron chi connectivity index (χ4n) is 2.52. The minimum Gasteiger partial charge on any atom is -0.497 e. The first-order valence-electron chi connectivity index (χ1n) is 7.73. The molecular weight excluding hydrogens is 300 g/mol. The van der Waals surface area contributed by atoms with Crippen molar-refractivity contribution in [2.75, 3.05) is 14.2 Å². The van der Waals surface area contributed by atoms with Crippen molar-refractivity contribution in [3.8, 4) is 23.3 Å². The van der Waals surface area contributed by atoms with Crippen LogP contribution < -0.4 is 9.47 Å². The molecule has 1 aromatic heterocycles. The van der Waals surface area contributed by atoms with E-state index in [-0.39, 0.29) is 0 Å². The van der Waals surface area contributed by atoms with Crippen LogP contribution in [0.5, 0.6) is 11.5 Å². The van der Waals surface area contributed by atoms with Crippen molar-refractivity contribution in [3.63, 3.8) is 0 Å². The quantitative estimate of drug-likeness (QED) is 0.692. The molecule has 0 bridgehead atoms. The first kappa shape index (κ1) is 15.8. The highest BCUT2D eigenvalue weighted by molar-refractivity contribution is 5.82. The molecule has 24 heavy (non-hydrogen) atoms. The normalized spacial score (nSPS) is 10.1. The molecule has 2 aromatic carbocycles. The van der Waals surface area contributed by atoms with Crippen LogP contribution in [0.25, 0.3) is 10.9 Å². The number of ether oxygens (including phenoxy) is 2. The summed E-state index contributed by atoms with van der Waals surface area (Å²) in [6.07, 6.45) is 2.47. The molecule has 3 aromatic rings. The van der Waals surface area contributed by atoms with E-state index in [0.29, 0.717) is 0 Å². The molecule has 0 atom stereocenters. The Balaban J connectivity index is 2.04. The van der Waals surface area contributed by atoms with E-state index in [2.05, 4.69) is 28.7 Å². The Morgan fingerprint density at radius 2 is 1.83 bits per heavy atom. The molecule has 4 heteroatoms. The van der Waals surface area contributed by atoms with Gasteiger partial charge in [-0.2, -0.15) is 0 Å². The first-order chi connectivity index (χ1) is 11.7. The minimum absolute atomic E-state index is 0.724. The van der Waals surface area contributed by atoms with Crippen LogP contribution >= 0.6 is 0 Å². The minimum atomic E-state index is 0.724. The van der Waals surface area contributed by atoms with Crippen LogP contribution in [0.1, 0.15) is 23.7 Å². The van der Waals surface area contributed by atoms with Crippen molar-refractivity contribution in [1.82, 2.24) is 9.97 Å². The predicted molar refractivity (Wildman–Crippen MR) is 94.4 cm³/mol. The zero-order valence-corrected chi connectivity index (χ0v) is 14.0. The summed E-state index contributed by atoms with van der Waals surface area (Å²) in [5.41, 5.74) is 3.67. The molecule has 0 N–H and O–H groups in total. The second kappa shape index (κ2) is 7.01. The summed E-state index contributed by atoms with van der Waals surface area (Å²) in [5, 5.41) is 1.05. The molecule has 0 aliphatic heterocycles. The van der Waals surface area contributed by atoms with Crippen LogP contribution in [0.3, 0.4) is 0 Å². The topological polar surface area (TPSA) is 44.2 Å². The molecule has 4 nitrogen and oxygen atoms in total. The Bertz CT molecular complexity index is 939. The van der Waals surface area contributed by atoms with Gasteiger partial charge in [0.05, 0.1) is 31.0 Å². The summed E-state index contributed by atoms with van der Waals surface area (Å²) in [4.78, 5) is 8.64. The van der Waals surface area contributed by atoms with Gasteiger partial charge in [-0.15, -0.1) is 0 Å². The maximum atomic E-state index is 5.36. The van der Waals surface area contributed by atoms with Gasteiger partial charge in [0.25, 0.3) is 0 Å². The third-order valence-corrected chi connectivity index (χ3v) is 3.80. The molecule has 1 heterocycles. The molecule has 0 aliphatic carbocycles. The third kappa shape index (κ3) is 3.16. The van der Waals surface area contributed by atoms with E-state index in [0.717, 1.165) is 45.6 Å². The SMILES string of the molecule is CCc1ncnc2ccc(C#Cc3cc(OC)ccc3OC)cc12. The van der Waals surface area contributed by atoms with Crippen LogP contribution in [0.15, 0.2) is 42.7 Å². The number of hydrogen-bond donors (Lipinski definition) is 0. The number of nitrogens with zero attached hydrogens (tertiary/aromatic N) is 2. The highest BCUT2D eigenvalue weighted by atomic mass is 16.5. The van der Waals surface area contributed by atoms with Crippen LogP contribution in [0.4, 0.5) is 0 Å². The van der Waals surface area contributed by atoms with Crippen LogP contribution in [0, 0.1) is 11.8 Å². The fraction of sp³-hybridized carbons (Fsp3) is 0.200. The third-order valence-electron chi connectivity index (χ3n) is 3.80. The molecule has 0 aliphatic rings. The first-order valence-corrected chi connectivity index (χ1v) is 7.73. The number of fused-ring (bicyclic) bond motifs is 1. The smallest absolute Gasteiger partial charge is 0.134 e. The van der Waals surface area contributed by atoms with Crippen LogP contribution in [-0.2, 0) is 6.42 Å². The number of methoxy groups -OCH3 is 2. The van der Waals surface area contributed by atoms with E-state index < -0.39 is 0 Å². The fourth-order valence-corrected chi connectivity index (χ4v) is 2.52. The predicted octanol–water partition coefficient (Wildman–Crippen LogP) is 3.61. The summed E-state index contributed by atoms with van der Waals surface area (Å²) in [6, 6.07) is 11.6. The zero-order valence-electron chi connectivity index (χ0n) is 14.0. The van der Waals surface area contributed by atoms with Gasteiger partial charge in [0, 0.05) is 10.9 Å². The Labute approximate surface area is 141 Å². The monoisotopic (exact) mass is 318 g/mol. The van der Waals surface area contributed by atoms with Crippen molar-refractivity contribution in [1.29, 1.82) is 0 Å². The van der Waals surface area contributed by atoms with Gasteiger partial charge in [-0.05, 0) is 42.8 Å². The van der Waals surface area contributed by atoms with Crippen molar-refractivity contribution in [2.24, 2.45) is 0 Å². The lowest BCUT2D eigenvalue weighted by atomic mass is 10.1. The maximum absolute atomic E-state index is 5.36. The van der Waals surface area contributed by atoms with E-state index >= 15 is 0 Å². The summed E-state index contributed by atoms with van der Waals surface area (Å²) >= 11 is 0. The number of aromatic nitrogens is 2. The summed E-state index contributed by atoms with van der Waals surface area (Å²) < 4.78 is 10.6. The molecule has 0 unspecified atom stereocenters. The molecule has 3 rings (SSSR count). The lowest BCUT2D eigenvalue weighted by Crippen LogP contribution is -1.92. The molecule has 0 amide bonds. The molecule has 0 radical (unpaired) electrons. The van der Waals surface area contributed by atoms with Gasteiger partial charge < -0.3 is 9.47 Å². The molecular formula is C20H18N2O2. The summed E-state index contributed by atoms with van der Waals surface area (Å²) in [7, 11) is 3.27. The zero-order chi connectivity index (χ0) is 16.9. The number of rotatable bonds is 3. The van der Waals surface area contributed by atoms with Crippen molar-refractivity contribution >= 4 is 10.9 Å². The highest BCUT2D eigenvalue weighted by Gasteiger charge is 2.04. The van der Waals surface area contributed by atoms with Crippen molar-refractivity contribution < 1.29 is 9.47 Å². The Kier molecular flexibility index (Phi) is 4.62. The summed E-state index contributed by atoms with van der Waals surface area (Å²) in [6.45, 7) is 2.08. The molecule has 120 valence electrons. The second-order valence-electron chi connectivity index (χ2n) is 5.22.